The van der Waals surface area contributed by atoms with Crippen molar-refractivity contribution in [2.45, 2.75) is 19.1 Å². The monoisotopic (exact) mass is 569 g/mol. The van der Waals surface area contributed by atoms with Gasteiger partial charge in [-0.25, -0.2) is 0 Å². The molecule has 0 radical (unpaired) electrons. The van der Waals surface area contributed by atoms with Crippen LogP contribution in [0.25, 0.3) is 10.9 Å². The number of aromatic nitrogens is 2. The zero-order valence-corrected chi connectivity index (χ0v) is 22.5. The van der Waals surface area contributed by atoms with Crippen LogP contribution in [0.3, 0.4) is 0 Å². The van der Waals surface area contributed by atoms with Crippen LogP contribution in [0.1, 0.15) is 19.5 Å². The number of aliphatic imine (C=N–C) groups is 1. The fourth-order valence-corrected chi connectivity index (χ4v) is 4.58. The van der Waals surface area contributed by atoms with Crippen LogP contribution in [0.5, 0.6) is 5.75 Å². The van der Waals surface area contributed by atoms with Gasteiger partial charge in [-0.3, -0.25) is 9.79 Å². The predicted molar refractivity (Wildman–Crippen MR) is 158 cm³/mol. The molecule has 0 spiro atoms. The van der Waals surface area contributed by atoms with Crippen LogP contribution < -0.4 is 10.5 Å². The summed E-state index contributed by atoms with van der Waals surface area (Å²) < 4.78 is 11.4. The second kappa shape index (κ2) is 17.5. The number of aliphatic hydroxyl groups is 1. The molecule has 3 aromatic rings. The number of aliphatic hydroxyl groups excluding tert-OH is 1. The Kier molecular flexibility index (Phi) is 16.2. The van der Waals surface area contributed by atoms with Crippen molar-refractivity contribution in [3.05, 3.63) is 52.9 Å². The van der Waals surface area contributed by atoms with Crippen molar-refractivity contribution in [3.63, 3.8) is 0 Å². The number of nitrogens with zero attached hydrogens (tertiary/aromatic N) is 2. The maximum Gasteiger partial charge on any atom is 0.223 e. The highest BCUT2D eigenvalue weighted by molar-refractivity contribution is 8.15. The van der Waals surface area contributed by atoms with Crippen LogP contribution in [-0.4, -0.2) is 94.2 Å². The third-order valence-electron chi connectivity index (χ3n) is 5.18. The molecule has 1 atom stereocenters. The number of anilines is 1. The number of H-pyrrole nitrogens is 2. The molecule has 1 unspecified atom stereocenters. The number of ether oxygens (including phenoxy) is 2. The van der Waals surface area contributed by atoms with Crippen molar-refractivity contribution in [2.24, 2.45) is 4.99 Å². The van der Waals surface area contributed by atoms with Crippen molar-refractivity contribution in [1.82, 2.24) is 14.9 Å². The summed E-state index contributed by atoms with van der Waals surface area (Å²) in [6.45, 7) is 1.88. The lowest BCUT2D eigenvalue weighted by Gasteiger charge is -2.17. The molecule has 2 aromatic heterocycles. The number of fused-ring (bicyclic) bond motifs is 1. The average molecular weight is 570 g/mol. The lowest BCUT2D eigenvalue weighted by molar-refractivity contribution is -0.130. The number of likely N-dealkylation sites (N-methyl/N-ethyl adjacent to an activating group) is 1. The second-order valence-corrected chi connectivity index (χ2v) is 9.59. The molecule has 11 nitrogen and oxygen atoms in total. The molecule has 0 saturated heterocycles. The van der Waals surface area contributed by atoms with Gasteiger partial charge in [-0.1, -0.05) is 37.5 Å². The van der Waals surface area contributed by atoms with E-state index in [9.17, 15) is 4.79 Å². The van der Waals surface area contributed by atoms with Crippen molar-refractivity contribution >= 4 is 51.5 Å². The minimum Gasteiger partial charge on any atom is -0.491 e. The molecule has 1 aliphatic rings. The third kappa shape index (κ3) is 10.1. The van der Waals surface area contributed by atoms with E-state index < -0.39 is 0 Å². The van der Waals surface area contributed by atoms with Gasteiger partial charge in [-0.2, -0.15) is 0 Å². The average Bonchev–Trinajstić information content (AvgIpc) is 3.48. The molecular weight excluding hydrogens is 530 g/mol. The van der Waals surface area contributed by atoms with Gasteiger partial charge in [-0.05, 0) is 24.3 Å². The van der Waals surface area contributed by atoms with Crippen LogP contribution in [0.15, 0.2) is 47.6 Å². The molecule has 0 saturated carbocycles. The molecule has 0 aliphatic carbocycles. The van der Waals surface area contributed by atoms with Gasteiger partial charge in [0.05, 0.1) is 36.7 Å². The predicted octanol–water partition coefficient (Wildman–Crippen LogP) is 2.21. The Bertz CT molecular complexity index is 1200. The minimum absolute atomic E-state index is 0. The van der Waals surface area contributed by atoms with Crippen LogP contribution >= 0.6 is 24.0 Å². The maximum absolute atomic E-state index is 12.2. The highest BCUT2D eigenvalue weighted by Gasteiger charge is 2.25. The number of thioether (sulfide) groups is 1. The van der Waals surface area contributed by atoms with E-state index in [1.165, 1.54) is 0 Å². The first-order valence-corrected chi connectivity index (χ1v) is 12.4. The Morgan fingerprint density at radius 2 is 2.05 bits per heavy atom. The number of pyridine rings is 1. The number of nitrogen functional groups attached to an aromatic ring is 1. The Morgan fingerprint density at radius 3 is 2.66 bits per heavy atom. The zero-order valence-electron chi connectivity index (χ0n) is 20.8. The van der Waals surface area contributed by atoms with Gasteiger partial charge in [0.1, 0.15) is 22.0 Å². The number of hydrogen-bond acceptors (Lipinski definition) is 8. The summed E-state index contributed by atoms with van der Waals surface area (Å²) in [5.74, 6) is 0.714. The summed E-state index contributed by atoms with van der Waals surface area (Å²) in [5.41, 5.74) is 8.51. The van der Waals surface area contributed by atoms with Gasteiger partial charge in [0.15, 0.2) is 0 Å². The standard InChI is InChI=1S/C19H26N4O4S.C5H5NS.CH4.2H2O/c1-23(3-4-24)17(25)10-14-11-21-19(28-14)16-8-12-7-13(27-6-5-26-2)9-15(20)18(12)22-16;7-5-3-1-2-4-6-5;;;/h7-9,14,22,24H,3-6,10-11,20H2,1-2H3;1-4H,(H,6,7);1H4;2*1H2. The topological polar surface area (TPSA) is 192 Å². The molecule has 0 fully saturated rings. The third-order valence-corrected chi connectivity index (χ3v) is 6.66. The molecule has 1 aromatic carbocycles. The first-order chi connectivity index (χ1) is 16.9. The number of carbonyl (C=O) groups excluding carboxylic acids is 1. The van der Waals surface area contributed by atoms with E-state index in [2.05, 4.69) is 15.0 Å². The van der Waals surface area contributed by atoms with Crippen LogP contribution in [-0.2, 0) is 9.53 Å². The van der Waals surface area contributed by atoms with E-state index in [1.54, 1.807) is 36.9 Å². The Hall–Kier alpha value is -2.94. The molecule has 1 aliphatic heterocycles. The van der Waals surface area contributed by atoms with Crippen molar-refractivity contribution in [3.8, 4) is 5.75 Å². The van der Waals surface area contributed by atoms with Gasteiger partial charge >= 0.3 is 0 Å². The lowest BCUT2D eigenvalue weighted by Crippen LogP contribution is -2.31. The summed E-state index contributed by atoms with van der Waals surface area (Å²) in [5, 5.41) is 10.9. The quantitative estimate of drug-likeness (QED) is 0.172. The molecule has 4 rings (SSSR count). The molecular formula is C25H39N5O6S2. The Labute approximate surface area is 232 Å². The summed E-state index contributed by atoms with van der Waals surface area (Å²) in [6.07, 6.45) is 2.20. The summed E-state index contributed by atoms with van der Waals surface area (Å²) in [6, 6.07) is 11.4. The van der Waals surface area contributed by atoms with E-state index in [0.717, 1.165) is 26.3 Å². The number of amides is 1. The summed E-state index contributed by atoms with van der Waals surface area (Å²) in [4.78, 5) is 24.5. The lowest BCUT2D eigenvalue weighted by atomic mass is 10.2. The van der Waals surface area contributed by atoms with Crippen molar-refractivity contribution < 1.29 is 30.3 Å². The van der Waals surface area contributed by atoms with Gasteiger partial charge in [0, 0.05) is 50.0 Å². The fourth-order valence-electron chi connectivity index (χ4n) is 3.36. The molecule has 9 N–H and O–H groups in total. The number of rotatable bonds is 9. The number of nitrogens with one attached hydrogen (secondary N) is 2. The minimum atomic E-state index is -0.0323. The Morgan fingerprint density at radius 1 is 1.29 bits per heavy atom. The highest BCUT2D eigenvalue weighted by atomic mass is 32.2. The molecule has 212 valence electrons. The largest absolute Gasteiger partial charge is 0.491 e. The second-order valence-electron chi connectivity index (χ2n) is 7.86. The molecule has 38 heavy (non-hydrogen) atoms. The Balaban J connectivity index is 0.00000119. The van der Waals surface area contributed by atoms with E-state index in [1.807, 2.05) is 36.5 Å². The molecule has 3 heterocycles. The van der Waals surface area contributed by atoms with E-state index >= 15 is 0 Å². The molecule has 0 bridgehead atoms. The number of hydrogen-bond donors (Lipinski definition) is 4. The summed E-state index contributed by atoms with van der Waals surface area (Å²) in [7, 11) is 3.33. The van der Waals surface area contributed by atoms with Gasteiger partial charge in [0.2, 0.25) is 5.91 Å². The van der Waals surface area contributed by atoms with Crippen LogP contribution in [0.4, 0.5) is 5.69 Å². The normalized spacial score (nSPS) is 13.7. The van der Waals surface area contributed by atoms with Crippen LogP contribution in [0, 0.1) is 4.64 Å². The van der Waals surface area contributed by atoms with Gasteiger partial charge < -0.3 is 46.1 Å². The first-order valence-electron chi connectivity index (χ1n) is 11.1. The van der Waals surface area contributed by atoms with Gasteiger partial charge in [-0.15, -0.1) is 0 Å². The smallest absolute Gasteiger partial charge is 0.223 e. The number of nitrogens with two attached hydrogens (primary N) is 1. The first kappa shape index (κ1) is 35.1. The van der Waals surface area contributed by atoms with Crippen LogP contribution in [0.2, 0.25) is 0 Å². The SMILES string of the molecule is C.COCCOc1cc(N)c2[nH]c(C3=NCC(CC(=O)N(C)CCO)S3)cc2c1.O.O.S=c1cccc[nH]1. The number of methoxy groups -OCH3 is 1. The van der Waals surface area contributed by atoms with E-state index in [0.29, 0.717) is 44.2 Å². The van der Waals surface area contributed by atoms with Crippen molar-refractivity contribution in [1.29, 1.82) is 0 Å². The number of benzene rings is 1. The molecule has 1 amide bonds. The highest BCUT2D eigenvalue weighted by Crippen LogP contribution is 2.32. The molecule has 13 heteroatoms. The fraction of sp³-hybridized carbons (Fsp3) is 0.400. The van der Waals surface area contributed by atoms with Crippen molar-refractivity contribution in [2.75, 3.05) is 52.8 Å². The van der Waals surface area contributed by atoms with Gasteiger partial charge in [0.25, 0.3) is 0 Å². The van der Waals surface area contributed by atoms with E-state index in [-0.39, 0.29) is 36.1 Å². The summed E-state index contributed by atoms with van der Waals surface area (Å²) >= 11 is 6.35. The number of aromatic amines is 2. The maximum atomic E-state index is 12.2. The number of carbonyl (C=O) groups is 1. The zero-order chi connectivity index (χ0) is 25.2. The van der Waals surface area contributed by atoms with E-state index in [4.69, 9.17) is 32.5 Å².